The Labute approximate surface area is 82.5 Å². The van der Waals surface area contributed by atoms with Crippen molar-refractivity contribution in [2.45, 2.75) is 19.0 Å². The van der Waals surface area contributed by atoms with E-state index in [2.05, 4.69) is 4.98 Å². The molecule has 5 heteroatoms. The van der Waals surface area contributed by atoms with E-state index in [4.69, 9.17) is 5.73 Å². The lowest BCUT2D eigenvalue weighted by Gasteiger charge is -2.15. The van der Waals surface area contributed by atoms with Gasteiger partial charge in [0, 0.05) is 32.0 Å². The van der Waals surface area contributed by atoms with E-state index < -0.39 is 0 Å². The predicted octanol–water partition coefficient (Wildman–Crippen LogP) is -0.557. The van der Waals surface area contributed by atoms with E-state index >= 15 is 0 Å². The summed E-state index contributed by atoms with van der Waals surface area (Å²) in [5.74, 6) is 0.0742. The van der Waals surface area contributed by atoms with Crippen LogP contribution in [0.3, 0.4) is 0 Å². The molecule has 2 rings (SSSR count). The van der Waals surface area contributed by atoms with Gasteiger partial charge in [-0.05, 0) is 6.42 Å². The van der Waals surface area contributed by atoms with Crippen molar-refractivity contribution in [1.29, 1.82) is 0 Å². The summed E-state index contributed by atoms with van der Waals surface area (Å²) in [6.45, 7) is 2.30. The maximum atomic E-state index is 11.4. The number of carbonyl (C=O) groups is 1. The van der Waals surface area contributed by atoms with Gasteiger partial charge in [-0.25, -0.2) is 4.98 Å². The molecule has 0 bridgehead atoms. The summed E-state index contributed by atoms with van der Waals surface area (Å²) in [4.78, 5) is 17.2. The van der Waals surface area contributed by atoms with Gasteiger partial charge >= 0.3 is 0 Å². The molecule has 0 spiro atoms. The van der Waals surface area contributed by atoms with Gasteiger partial charge in [-0.15, -0.1) is 0 Å². The van der Waals surface area contributed by atoms with E-state index in [0.717, 1.165) is 26.1 Å². The molecular weight excluding hydrogens is 180 g/mol. The first kappa shape index (κ1) is 9.21. The summed E-state index contributed by atoms with van der Waals surface area (Å²) in [6, 6.07) is -0.280. The third kappa shape index (κ3) is 1.77. The fraction of sp³-hybridized carbons (Fsp3) is 0.556. The normalized spacial score (nSPS) is 21.9. The van der Waals surface area contributed by atoms with Crippen molar-refractivity contribution in [2.75, 3.05) is 13.1 Å². The smallest absolute Gasteiger partial charge is 0.239 e. The van der Waals surface area contributed by atoms with Gasteiger partial charge in [0.1, 0.15) is 0 Å². The van der Waals surface area contributed by atoms with E-state index in [1.165, 1.54) is 0 Å². The SMILES string of the molecule is NC1CCN(CCn2ccnc2)C1=O. The van der Waals surface area contributed by atoms with Crippen molar-refractivity contribution in [1.82, 2.24) is 14.5 Å². The number of nitrogens with two attached hydrogens (primary N) is 1. The van der Waals surface area contributed by atoms with Crippen LogP contribution in [0.1, 0.15) is 6.42 Å². The minimum absolute atomic E-state index is 0.0742. The lowest BCUT2D eigenvalue weighted by Crippen LogP contribution is -2.35. The minimum atomic E-state index is -0.280. The number of imidazole rings is 1. The third-order valence-corrected chi connectivity index (χ3v) is 2.53. The average molecular weight is 194 g/mol. The Kier molecular flexibility index (Phi) is 2.49. The van der Waals surface area contributed by atoms with Gasteiger partial charge in [0.25, 0.3) is 0 Å². The fourth-order valence-corrected chi connectivity index (χ4v) is 1.64. The van der Waals surface area contributed by atoms with Gasteiger partial charge in [0.15, 0.2) is 0 Å². The number of hydrogen-bond donors (Lipinski definition) is 1. The van der Waals surface area contributed by atoms with Crippen LogP contribution < -0.4 is 5.73 Å². The topological polar surface area (TPSA) is 64.2 Å². The predicted molar refractivity (Wildman–Crippen MR) is 51.4 cm³/mol. The van der Waals surface area contributed by atoms with Crippen LogP contribution in [0.5, 0.6) is 0 Å². The number of carbonyl (C=O) groups excluding carboxylic acids is 1. The number of likely N-dealkylation sites (tertiary alicyclic amines) is 1. The molecule has 2 heterocycles. The summed E-state index contributed by atoms with van der Waals surface area (Å²) in [6.07, 6.45) is 6.15. The van der Waals surface area contributed by atoms with E-state index in [-0.39, 0.29) is 11.9 Å². The van der Waals surface area contributed by atoms with E-state index in [1.54, 1.807) is 12.5 Å². The maximum Gasteiger partial charge on any atom is 0.239 e. The van der Waals surface area contributed by atoms with Crippen LogP contribution in [0, 0.1) is 0 Å². The Morgan fingerprint density at radius 1 is 1.57 bits per heavy atom. The summed E-state index contributed by atoms with van der Waals surface area (Å²) in [5, 5.41) is 0. The Morgan fingerprint density at radius 2 is 2.43 bits per heavy atom. The van der Waals surface area contributed by atoms with Crippen molar-refractivity contribution < 1.29 is 4.79 Å². The fourth-order valence-electron chi connectivity index (χ4n) is 1.64. The molecule has 0 aromatic carbocycles. The van der Waals surface area contributed by atoms with Crippen LogP contribution in [0.15, 0.2) is 18.7 Å². The molecule has 5 nitrogen and oxygen atoms in total. The van der Waals surface area contributed by atoms with E-state index in [0.29, 0.717) is 0 Å². The highest BCUT2D eigenvalue weighted by Crippen LogP contribution is 2.08. The quantitative estimate of drug-likeness (QED) is 0.701. The van der Waals surface area contributed by atoms with Crippen molar-refractivity contribution >= 4 is 5.91 Å². The van der Waals surface area contributed by atoms with Crippen molar-refractivity contribution in [3.8, 4) is 0 Å². The first-order chi connectivity index (χ1) is 6.77. The maximum absolute atomic E-state index is 11.4. The lowest BCUT2D eigenvalue weighted by atomic mass is 10.3. The Balaban J connectivity index is 1.84. The molecule has 1 saturated heterocycles. The highest BCUT2D eigenvalue weighted by atomic mass is 16.2. The molecule has 1 atom stereocenters. The van der Waals surface area contributed by atoms with Crippen molar-refractivity contribution in [3.63, 3.8) is 0 Å². The standard InChI is InChI=1S/C9H14N4O/c10-8-1-3-13(9(8)14)6-5-12-4-2-11-7-12/h2,4,7-8H,1,3,5-6,10H2. The van der Waals surface area contributed by atoms with Gasteiger partial charge < -0.3 is 15.2 Å². The molecule has 0 radical (unpaired) electrons. The summed E-state index contributed by atoms with van der Waals surface area (Å²) < 4.78 is 1.96. The Bertz CT molecular complexity index is 309. The largest absolute Gasteiger partial charge is 0.339 e. The van der Waals surface area contributed by atoms with Crippen LogP contribution in [-0.2, 0) is 11.3 Å². The molecule has 0 aliphatic carbocycles. The van der Waals surface area contributed by atoms with Crippen LogP contribution in [0.4, 0.5) is 0 Å². The van der Waals surface area contributed by atoms with Crippen LogP contribution in [0.25, 0.3) is 0 Å². The number of amides is 1. The highest BCUT2D eigenvalue weighted by Gasteiger charge is 2.27. The number of rotatable bonds is 3. The molecule has 76 valence electrons. The molecule has 2 N–H and O–H groups in total. The first-order valence-electron chi connectivity index (χ1n) is 4.77. The Morgan fingerprint density at radius 3 is 3.00 bits per heavy atom. The molecule has 1 unspecified atom stereocenters. The van der Waals surface area contributed by atoms with Gasteiger partial charge in [-0.3, -0.25) is 4.79 Å². The van der Waals surface area contributed by atoms with Crippen LogP contribution in [0.2, 0.25) is 0 Å². The molecule has 1 aromatic heterocycles. The molecule has 0 saturated carbocycles. The second-order valence-electron chi connectivity index (χ2n) is 3.52. The summed E-state index contributed by atoms with van der Waals surface area (Å²) in [7, 11) is 0. The second kappa shape index (κ2) is 3.79. The van der Waals surface area contributed by atoms with Gasteiger partial charge in [0.2, 0.25) is 5.91 Å². The van der Waals surface area contributed by atoms with Crippen molar-refractivity contribution in [2.24, 2.45) is 5.73 Å². The zero-order chi connectivity index (χ0) is 9.97. The van der Waals surface area contributed by atoms with Crippen molar-refractivity contribution in [3.05, 3.63) is 18.7 Å². The molecule has 1 aliphatic heterocycles. The Hall–Kier alpha value is -1.36. The van der Waals surface area contributed by atoms with Crippen LogP contribution >= 0.6 is 0 Å². The molecule has 14 heavy (non-hydrogen) atoms. The number of nitrogens with zero attached hydrogens (tertiary/aromatic N) is 3. The summed E-state index contributed by atoms with van der Waals surface area (Å²) in [5.41, 5.74) is 5.61. The van der Waals surface area contributed by atoms with E-state index in [9.17, 15) is 4.79 Å². The molecule has 1 amide bonds. The minimum Gasteiger partial charge on any atom is -0.339 e. The highest BCUT2D eigenvalue weighted by molar-refractivity contribution is 5.83. The van der Waals surface area contributed by atoms with E-state index in [1.807, 2.05) is 15.7 Å². The zero-order valence-corrected chi connectivity index (χ0v) is 7.97. The molecule has 1 fully saturated rings. The molecule has 1 aromatic rings. The van der Waals surface area contributed by atoms with Gasteiger partial charge in [-0.2, -0.15) is 0 Å². The van der Waals surface area contributed by atoms with Crippen LogP contribution in [-0.4, -0.2) is 39.5 Å². The first-order valence-corrected chi connectivity index (χ1v) is 4.77. The monoisotopic (exact) mass is 194 g/mol. The second-order valence-corrected chi connectivity index (χ2v) is 3.52. The van der Waals surface area contributed by atoms with Gasteiger partial charge in [-0.1, -0.05) is 0 Å². The average Bonchev–Trinajstić information content (AvgIpc) is 2.77. The molecule has 1 aliphatic rings. The number of aromatic nitrogens is 2. The molecular formula is C9H14N4O. The lowest BCUT2D eigenvalue weighted by molar-refractivity contribution is -0.128. The summed E-state index contributed by atoms with van der Waals surface area (Å²) >= 11 is 0. The zero-order valence-electron chi connectivity index (χ0n) is 7.97. The van der Waals surface area contributed by atoms with Gasteiger partial charge in [0.05, 0.1) is 12.4 Å². The third-order valence-electron chi connectivity index (χ3n) is 2.53. The number of hydrogen-bond acceptors (Lipinski definition) is 3.